The Kier molecular flexibility index (Phi) is 17.7. The van der Waals surface area contributed by atoms with Gasteiger partial charge >= 0.3 is 21.1 Å². The van der Waals surface area contributed by atoms with Crippen LogP contribution in [0.4, 0.5) is 0 Å². The monoisotopic (exact) mass is 861 g/mol. The van der Waals surface area contributed by atoms with Crippen LogP contribution in [-0.4, -0.2) is 11.6 Å². The third-order valence-electron chi connectivity index (χ3n) is 7.64. The van der Waals surface area contributed by atoms with Crippen LogP contribution in [0.25, 0.3) is 0 Å². The summed E-state index contributed by atoms with van der Waals surface area (Å²) in [7, 11) is -1.75. The van der Waals surface area contributed by atoms with Gasteiger partial charge in [0, 0.05) is 0 Å². The van der Waals surface area contributed by atoms with E-state index in [0.29, 0.717) is 6.42 Å². The Labute approximate surface area is 309 Å². The Hall–Kier alpha value is -3.92. The molecule has 0 fully saturated rings. The second-order valence-corrected chi connectivity index (χ2v) is 16.3. The Morgan fingerprint density at radius 1 is 0.469 bits per heavy atom. The predicted octanol–water partition coefficient (Wildman–Crippen LogP) is 7.56. The van der Waals surface area contributed by atoms with Crippen molar-refractivity contribution in [3.05, 3.63) is 195 Å². The van der Waals surface area contributed by atoms with Crippen molar-refractivity contribution >= 4 is 59.2 Å². The summed E-state index contributed by atoms with van der Waals surface area (Å²) in [5.41, 5.74) is 0. The molecule has 0 spiro atoms. The Morgan fingerprint density at radius 3 is 0.837 bits per heavy atom. The third kappa shape index (κ3) is 13.1. The first kappa shape index (κ1) is 39.5. The van der Waals surface area contributed by atoms with Gasteiger partial charge in [-0.15, -0.1) is 5.92 Å². The van der Waals surface area contributed by atoms with Crippen molar-refractivity contribution in [2.24, 2.45) is 5.92 Å². The molecule has 250 valence electrons. The second-order valence-electron chi connectivity index (χ2n) is 11.3. The maximum absolute atomic E-state index is 10.6. The summed E-state index contributed by atoms with van der Waals surface area (Å²) < 4.78 is 0. The summed E-state index contributed by atoms with van der Waals surface area (Å²) in [5, 5.41) is 8.61. The molecule has 0 N–H and O–H groups in total. The Morgan fingerprint density at radius 2 is 0.673 bits per heavy atom. The first-order valence-corrected chi connectivity index (χ1v) is 19.2. The second kappa shape index (κ2) is 21.9. The largest absolute Gasteiger partial charge is 2.00 e. The van der Waals surface area contributed by atoms with Crippen LogP contribution in [0, 0.1) is 19.3 Å². The molecule has 0 bridgehead atoms. The summed E-state index contributed by atoms with van der Waals surface area (Å²) in [6.45, 7) is 6.52. The van der Waals surface area contributed by atoms with Gasteiger partial charge in [-0.3, -0.25) is 0 Å². The van der Waals surface area contributed by atoms with Gasteiger partial charge in [-0.2, -0.15) is 6.42 Å². The minimum Gasteiger partial charge on any atom is -0.335 e. The van der Waals surface area contributed by atoms with Crippen molar-refractivity contribution in [3.8, 4) is 0 Å². The van der Waals surface area contributed by atoms with Crippen LogP contribution in [0.2, 0.25) is 0 Å². The zero-order chi connectivity index (χ0) is 34.0. The van der Waals surface area contributed by atoms with Gasteiger partial charge in [0.15, 0.2) is 0 Å². The van der Waals surface area contributed by atoms with E-state index in [1.54, 1.807) is 0 Å². The fourth-order valence-corrected chi connectivity index (χ4v) is 10.3. The van der Waals surface area contributed by atoms with Gasteiger partial charge in [-0.1, -0.05) is 109 Å². The molecule has 6 rings (SSSR count). The average molecular weight is 862 g/mol. The minimum atomic E-state index is -0.877. The van der Waals surface area contributed by atoms with E-state index in [1.165, 1.54) is 52.1 Å². The van der Waals surface area contributed by atoms with E-state index in [4.69, 9.17) is 0 Å². The summed E-state index contributed by atoms with van der Waals surface area (Å²) in [4.78, 5) is 20.9. The summed E-state index contributed by atoms with van der Waals surface area (Å²) >= 11 is 0. The van der Waals surface area contributed by atoms with E-state index in [1.807, 2.05) is 0 Å². The van der Waals surface area contributed by atoms with E-state index >= 15 is 0 Å². The van der Waals surface area contributed by atoms with Gasteiger partial charge in [-0.25, -0.2) is 0 Å². The number of ketones is 2. The number of carbonyl (C=O) groups is 2. The van der Waals surface area contributed by atoms with Crippen LogP contribution in [0.1, 0.15) is 20.3 Å². The standard InChI is InChI=1S/2C18H15P.C8H12O2.Pt/c2*1-4-10-16(11-5-1)19(17-12-6-2-7-13-17)18-14-8-3-9-15-18;1-6(8(3)10)4-5-7(2)9;/h2*1-15H;5-6H,1,4H2,2-3H3;/q;;-2;+2/p+2. The zero-order valence-electron chi connectivity index (χ0n) is 28.0. The molecule has 0 aromatic heterocycles. The molecule has 2 nitrogen and oxygen atoms in total. The molecule has 0 saturated carbocycles. The fourth-order valence-electron chi connectivity index (χ4n) is 5.10. The number of rotatable bonds is 10. The van der Waals surface area contributed by atoms with Crippen LogP contribution in [0.3, 0.4) is 0 Å². The van der Waals surface area contributed by atoms with Crippen LogP contribution in [0.15, 0.2) is 182 Å². The number of hydrogen-bond acceptors (Lipinski definition) is 2. The molecule has 0 amide bonds. The van der Waals surface area contributed by atoms with Crippen molar-refractivity contribution in [3.63, 3.8) is 0 Å². The minimum absolute atomic E-state index is 0. The van der Waals surface area contributed by atoms with E-state index in [9.17, 15) is 9.59 Å². The van der Waals surface area contributed by atoms with Gasteiger partial charge < -0.3 is 22.9 Å². The number of Topliss-reactive ketones (excluding diaryl/α,β-unsaturated/α-hetero) is 2. The van der Waals surface area contributed by atoms with Crippen molar-refractivity contribution in [1.29, 1.82) is 0 Å². The van der Waals surface area contributed by atoms with Gasteiger partial charge in [-0.05, 0) is 92.4 Å². The van der Waals surface area contributed by atoms with Gasteiger partial charge in [0.1, 0.15) is 37.6 Å². The molecule has 6 aromatic rings. The molecule has 49 heavy (non-hydrogen) atoms. The number of benzene rings is 6. The van der Waals surface area contributed by atoms with E-state index in [2.05, 4.69) is 189 Å². The Balaban J connectivity index is 0.000000208. The molecule has 0 aliphatic rings. The zero-order valence-corrected chi connectivity index (χ0v) is 32.3. The molecule has 0 heterocycles. The molecule has 0 aliphatic carbocycles. The van der Waals surface area contributed by atoms with Crippen molar-refractivity contribution in [1.82, 2.24) is 0 Å². The summed E-state index contributed by atoms with van der Waals surface area (Å²) in [5.74, 6) is -0.240. The molecule has 5 heteroatoms. The van der Waals surface area contributed by atoms with Crippen molar-refractivity contribution < 1.29 is 30.7 Å². The summed E-state index contributed by atoms with van der Waals surface area (Å²) in [6.07, 6.45) is 1.95. The van der Waals surface area contributed by atoms with Crippen LogP contribution in [-0.2, 0) is 30.7 Å². The fraction of sp³-hybridized carbons (Fsp3) is 0.0909. The van der Waals surface area contributed by atoms with Crippen LogP contribution < -0.4 is 31.8 Å². The molecule has 6 aromatic carbocycles. The smallest absolute Gasteiger partial charge is 0.335 e. The summed E-state index contributed by atoms with van der Waals surface area (Å²) in [6, 6.07) is 65.0. The molecule has 1 unspecified atom stereocenters. The SMILES string of the molecule is [CH2-]C(C[CH-]C(C)=O)C(C)=O.[Pt+2].c1ccc([PH+](c2ccccc2)c2ccccc2)cc1.c1ccc([PH+](c2ccccc2)c2ccccc2)cc1. The average Bonchev–Trinajstić information content (AvgIpc) is 3.14. The topological polar surface area (TPSA) is 34.1 Å². The maximum atomic E-state index is 10.6. The predicted molar refractivity (Wildman–Crippen MR) is 212 cm³/mol. The van der Waals surface area contributed by atoms with Crippen LogP contribution in [0.5, 0.6) is 0 Å². The van der Waals surface area contributed by atoms with Gasteiger partial charge in [0.05, 0.1) is 15.8 Å². The molecule has 1 atom stereocenters. The van der Waals surface area contributed by atoms with Crippen LogP contribution >= 0.6 is 15.8 Å². The van der Waals surface area contributed by atoms with Gasteiger partial charge in [0.25, 0.3) is 0 Å². The quantitative estimate of drug-likeness (QED) is 0.105. The molecule has 0 aliphatic heterocycles. The number of carbonyl (C=O) groups excluding carboxylic acids is 2. The van der Waals surface area contributed by atoms with E-state index in [-0.39, 0.29) is 38.5 Å². The molecule has 0 radical (unpaired) electrons. The molecular weight excluding hydrogens is 818 g/mol. The Bertz CT molecular complexity index is 1460. The first-order valence-electron chi connectivity index (χ1n) is 16.2. The van der Waals surface area contributed by atoms with Crippen molar-refractivity contribution in [2.75, 3.05) is 0 Å². The number of hydrogen-bond donors (Lipinski definition) is 0. The third-order valence-corrected chi connectivity index (χ3v) is 13.1. The van der Waals surface area contributed by atoms with E-state index in [0.717, 1.165) is 0 Å². The maximum Gasteiger partial charge on any atom is 2.00 e. The normalized spacial score (nSPS) is 10.7. The van der Waals surface area contributed by atoms with E-state index < -0.39 is 15.8 Å². The molecule has 0 saturated heterocycles. The molecular formula is C44H44O2P2Pt+2. The van der Waals surface area contributed by atoms with Gasteiger partial charge in [0.2, 0.25) is 0 Å². The first-order chi connectivity index (χ1) is 23.4. The van der Waals surface area contributed by atoms with Crippen molar-refractivity contribution in [2.45, 2.75) is 20.3 Å².